The molecule has 21 unspecified atom stereocenters. The fourth-order valence-corrected chi connectivity index (χ4v) is 14.1. The molecule has 21 atom stereocenters. The highest BCUT2D eigenvalue weighted by atomic mass is 16.8. The number of aliphatic hydroxyl groups excluding tert-OH is 7. The summed E-state index contributed by atoms with van der Waals surface area (Å²) in [5.41, 5.74) is 3.88. The highest BCUT2D eigenvalue weighted by molar-refractivity contribution is 5.90. The maximum atomic E-state index is 12.9. The van der Waals surface area contributed by atoms with E-state index in [-0.39, 0.29) is 29.1 Å². The van der Waals surface area contributed by atoms with Gasteiger partial charge in [-0.2, -0.15) is 0 Å². The molecular formula is C50H80N2O16. The first-order valence-electron chi connectivity index (χ1n) is 24.9. The minimum Gasteiger partial charge on any atom is -0.394 e. The molecule has 7 aliphatic rings. The van der Waals surface area contributed by atoms with Crippen LogP contribution in [0.5, 0.6) is 0 Å². The Morgan fingerprint density at radius 3 is 1.88 bits per heavy atom. The minimum atomic E-state index is -1.66. The third-order valence-corrected chi connectivity index (χ3v) is 17.4. The van der Waals surface area contributed by atoms with E-state index in [1.54, 1.807) is 17.2 Å². The van der Waals surface area contributed by atoms with Crippen LogP contribution in [0.15, 0.2) is 22.8 Å². The average Bonchev–Trinajstić information content (AvgIpc) is 3.62. The molecule has 18 heteroatoms. The zero-order valence-electron chi connectivity index (χ0n) is 41.3. The van der Waals surface area contributed by atoms with Gasteiger partial charge in [-0.25, -0.2) is 0 Å². The maximum Gasteiger partial charge on any atom is 0.217 e. The molecule has 3 saturated heterocycles. The van der Waals surface area contributed by atoms with Crippen LogP contribution < -0.4 is 10.6 Å². The quantitative estimate of drug-likeness (QED) is 0.0885. The van der Waals surface area contributed by atoms with Gasteiger partial charge in [-0.15, -0.1) is 0 Å². The number of hydrogen-bond acceptors (Lipinski definition) is 16. The zero-order chi connectivity index (χ0) is 49.8. The number of ketones is 1. The molecule has 9 N–H and O–H groups in total. The largest absolute Gasteiger partial charge is 0.394 e. The van der Waals surface area contributed by atoms with Crippen molar-refractivity contribution in [3.8, 4) is 0 Å². The monoisotopic (exact) mass is 965 g/mol. The van der Waals surface area contributed by atoms with E-state index in [0.717, 1.165) is 50.5 Å². The van der Waals surface area contributed by atoms with E-state index in [1.165, 1.54) is 13.8 Å². The smallest absolute Gasteiger partial charge is 0.217 e. The first kappa shape index (κ1) is 53.4. The summed E-state index contributed by atoms with van der Waals surface area (Å²) in [5.74, 6) is 0.553. The summed E-state index contributed by atoms with van der Waals surface area (Å²) in [6.07, 6.45) is -8.12. The highest BCUT2D eigenvalue weighted by Gasteiger charge is 2.61. The van der Waals surface area contributed by atoms with E-state index in [4.69, 9.17) is 28.4 Å². The molecule has 7 rings (SSSR count). The van der Waals surface area contributed by atoms with E-state index < -0.39 is 122 Å². The van der Waals surface area contributed by atoms with Gasteiger partial charge in [-0.1, -0.05) is 51.3 Å². The van der Waals surface area contributed by atoms with Crippen LogP contribution in [0, 0.1) is 39.9 Å². The summed E-state index contributed by atoms with van der Waals surface area (Å²) in [7, 11) is 0. The van der Waals surface area contributed by atoms with Crippen LogP contribution in [0.4, 0.5) is 0 Å². The zero-order valence-corrected chi connectivity index (χ0v) is 41.3. The Morgan fingerprint density at radius 1 is 0.735 bits per heavy atom. The molecule has 5 fully saturated rings. The van der Waals surface area contributed by atoms with Crippen molar-refractivity contribution in [3.05, 3.63) is 22.8 Å². The third kappa shape index (κ3) is 10.2. The summed E-state index contributed by atoms with van der Waals surface area (Å²) < 4.78 is 37.8. The molecule has 2 amide bonds. The topological polar surface area (TPSA) is 272 Å². The van der Waals surface area contributed by atoms with Crippen LogP contribution in [-0.4, -0.2) is 165 Å². The molecule has 3 aliphatic heterocycles. The van der Waals surface area contributed by atoms with E-state index >= 15 is 0 Å². The standard InChI is InChI=1S/C50H80N2O16/c1-23(2)18-27(57)19-24(3)29-11-12-30-28-10-13-35-48(6,7)36(15-17-50(35,9)31(28)14-16-49(29,30)8)67-47-44(68-46-38(52-26(5)56)43(62)40(59)33(21-54)65-46)41(60)34(22-63-47)66-45-37(51-25(4)55)42(61)39(58)32(20-53)64-45/h18,24,29-30,32-47,53-54,58-62H,10-17,19-22H2,1-9H3,(H,51,55)(H,52,56). The molecule has 3 heterocycles. The van der Waals surface area contributed by atoms with E-state index in [1.807, 2.05) is 13.8 Å². The van der Waals surface area contributed by atoms with Crippen LogP contribution in [-0.2, 0) is 42.8 Å². The van der Waals surface area contributed by atoms with Crippen LogP contribution >= 0.6 is 0 Å². The molecule has 2 saturated carbocycles. The molecule has 0 spiro atoms. The Balaban J connectivity index is 1.14. The number of carbonyl (C=O) groups excluding carboxylic acids is 3. The summed E-state index contributed by atoms with van der Waals surface area (Å²) in [6, 6.07) is -2.70. The summed E-state index contributed by atoms with van der Waals surface area (Å²) in [5, 5.41) is 80.9. The van der Waals surface area contributed by atoms with Gasteiger partial charge in [-0.3, -0.25) is 14.4 Å². The number of aliphatic hydroxyl groups is 7. The van der Waals surface area contributed by atoms with E-state index in [9.17, 15) is 50.1 Å². The number of amides is 2. The van der Waals surface area contributed by atoms with Crippen molar-refractivity contribution >= 4 is 17.6 Å². The average molecular weight is 965 g/mol. The van der Waals surface area contributed by atoms with Gasteiger partial charge in [0.05, 0.1) is 25.9 Å². The first-order chi connectivity index (χ1) is 32.0. The molecular weight excluding hydrogens is 885 g/mol. The van der Waals surface area contributed by atoms with Gasteiger partial charge in [0.2, 0.25) is 11.8 Å². The molecule has 4 aliphatic carbocycles. The van der Waals surface area contributed by atoms with Crippen molar-refractivity contribution in [2.45, 2.75) is 212 Å². The van der Waals surface area contributed by atoms with Crippen LogP contribution in [0.2, 0.25) is 0 Å². The summed E-state index contributed by atoms with van der Waals surface area (Å²) >= 11 is 0. The molecule has 0 aromatic heterocycles. The number of allylic oxidation sites excluding steroid dienone is 4. The Labute approximate surface area is 400 Å². The van der Waals surface area contributed by atoms with Gasteiger partial charge in [0, 0.05) is 20.3 Å². The van der Waals surface area contributed by atoms with Gasteiger partial charge in [0.25, 0.3) is 0 Å². The van der Waals surface area contributed by atoms with Crippen LogP contribution in [0.1, 0.15) is 120 Å². The van der Waals surface area contributed by atoms with Crippen molar-refractivity contribution in [2.24, 2.45) is 39.9 Å². The molecule has 0 aromatic rings. The highest BCUT2D eigenvalue weighted by Crippen LogP contribution is 2.68. The molecule has 0 bridgehead atoms. The number of ether oxygens (including phenoxy) is 6. The number of rotatable bonds is 14. The lowest BCUT2D eigenvalue weighted by Gasteiger charge is -2.61. The lowest BCUT2D eigenvalue weighted by molar-refractivity contribution is -0.369. The van der Waals surface area contributed by atoms with Crippen molar-refractivity contribution in [1.82, 2.24) is 10.6 Å². The normalized spacial score (nSPS) is 45.0. The van der Waals surface area contributed by atoms with Gasteiger partial charge >= 0.3 is 0 Å². The number of fused-ring (bicyclic) bond motifs is 4. The predicted molar refractivity (Wildman–Crippen MR) is 244 cm³/mol. The molecule has 386 valence electrons. The first-order valence-corrected chi connectivity index (χ1v) is 24.9. The van der Waals surface area contributed by atoms with Crippen LogP contribution in [0.25, 0.3) is 0 Å². The molecule has 0 aromatic carbocycles. The Kier molecular flexibility index (Phi) is 16.5. The fraction of sp³-hybridized carbons (Fsp3) is 0.860. The minimum absolute atomic E-state index is 0.0873. The van der Waals surface area contributed by atoms with Crippen molar-refractivity contribution in [2.75, 3.05) is 19.8 Å². The van der Waals surface area contributed by atoms with Gasteiger partial charge in [-0.05, 0) is 111 Å². The fourth-order valence-electron chi connectivity index (χ4n) is 14.1. The summed E-state index contributed by atoms with van der Waals surface area (Å²) in [4.78, 5) is 37.5. The second-order valence-electron chi connectivity index (χ2n) is 22.4. The Hall–Kier alpha value is -2.43. The molecule has 0 radical (unpaired) electrons. The second kappa shape index (κ2) is 21.0. The van der Waals surface area contributed by atoms with E-state index in [0.29, 0.717) is 30.6 Å². The Morgan fingerprint density at radius 2 is 1.32 bits per heavy atom. The van der Waals surface area contributed by atoms with E-state index in [2.05, 4.69) is 45.3 Å². The second-order valence-corrected chi connectivity index (χ2v) is 22.4. The Bertz CT molecular complexity index is 1890. The van der Waals surface area contributed by atoms with Crippen LogP contribution in [0.3, 0.4) is 0 Å². The van der Waals surface area contributed by atoms with Gasteiger partial charge in [0.15, 0.2) is 24.7 Å². The van der Waals surface area contributed by atoms with Crippen molar-refractivity contribution < 1.29 is 78.6 Å². The number of carbonyl (C=O) groups is 3. The van der Waals surface area contributed by atoms with Crippen molar-refractivity contribution in [3.63, 3.8) is 0 Å². The SMILES string of the molecule is CC(=O)NC1C(OC2COC(OC3CCC4(C)C5=C(CCC4C3(C)C)C3CCC(C(C)CC(=O)C=C(C)C)C3(C)CC5)C(OC3OC(CO)C(O)C(O)C3NC(C)=O)C2O)OC(CO)C(O)C1O. The number of hydrogen-bond donors (Lipinski definition) is 9. The van der Waals surface area contributed by atoms with Gasteiger partial charge in [0.1, 0.15) is 67.0 Å². The van der Waals surface area contributed by atoms with Crippen molar-refractivity contribution in [1.29, 1.82) is 0 Å². The summed E-state index contributed by atoms with van der Waals surface area (Å²) in [6.45, 7) is 16.2. The number of nitrogens with one attached hydrogen (secondary N) is 2. The van der Waals surface area contributed by atoms with Gasteiger partial charge < -0.3 is 74.8 Å². The lowest BCUT2D eigenvalue weighted by Crippen LogP contribution is -2.68. The lowest BCUT2D eigenvalue weighted by atomic mass is 9.45. The third-order valence-electron chi connectivity index (χ3n) is 17.4. The predicted octanol–water partition coefficient (Wildman–Crippen LogP) is 1.67. The maximum absolute atomic E-state index is 12.9. The molecule has 18 nitrogen and oxygen atoms in total. The molecule has 68 heavy (non-hydrogen) atoms.